The van der Waals surface area contributed by atoms with Gasteiger partial charge >= 0.3 is 6.01 Å². The Labute approximate surface area is 92.4 Å². The van der Waals surface area contributed by atoms with E-state index in [0.29, 0.717) is 11.4 Å². The van der Waals surface area contributed by atoms with Gasteiger partial charge in [-0.2, -0.15) is 4.98 Å². The van der Waals surface area contributed by atoms with Crippen LogP contribution in [0.25, 0.3) is 16.5 Å². The first-order valence-electron chi connectivity index (χ1n) is 4.44. The van der Waals surface area contributed by atoms with Crippen LogP contribution in [0.1, 0.15) is 5.56 Å². The van der Waals surface area contributed by atoms with Crippen LogP contribution in [0.5, 0.6) is 11.9 Å². The average molecular weight is 221 g/mol. The molecule has 0 saturated carbocycles. The summed E-state index contributed by atoms with van der Waals surface area (Å²) in [6.07, 6.45) is 4.97. The van der Waals surface area contributed by atoms with Gasteiger partial charge in [-0.05, 0) is 5.53 Å². The molecule has 0 radical (unpaired) electrons. The number of hydrogen-bond donors (Lipinski definition) is 0. The Bertz CT molecular complexity index is 426. The molecule has 0 amide bonds. The van der Waals surface area contributed by atoms with Crippen LogP contribution in [0.15, 0.2) is 17.4 Å². The van der Waals surface area contributed by atoms with Crippen LogP contribution in [0.3, 0.4) is 0 Å². The lowest BCUT2D eigenvalue weighted by molar-refractivity contribution is 0.351. The summed E-state index contributed by atoms with van der Waals surface area (Å²) in [5, 5.41) is 3.36. The Kier molecular flexibility index (Phi) is 4.62. The van der Waals surface area contributed by atoms with E-state index in [0.717, 1.165) is 0 Å². The molecule has 1 rings (SSSR count). The van der Waals surface area contributed by atoms with Gasteiger partial charge < -0.3 is 9.47 Å². The molecule has 0 saturated heterocycles. The lowest BCUT2D eigenvalue weighted by Crippen LogP contribution is -1.97. The van der Waals surface area contributed by atoms with Crippen molar-refractivity contribution < 1.29 is 9.47 Å². The zero-order chi connectivity index (χ0) is 11.8. The molecule has 7 nitrogen and oxygen atoms in total. The molecule has 1 aromatic heterocycles. The zero-order valence-electron chi connectivity index (χ0n) is 8.99. The summed E-state index contributed by atoms with van der Waals surface area (Å²) in [6, 6.07) is 0.240. The molecule has 1 heterocycles. The Hall–Kier alpha value is -2.27. The van der Waals surface area contributed by atoms with Gasteiger partial charge in [-0.25, -0.2) is 4.98 Å². The molecule has 16 heavy (non-hydrogen) atoms. The fourth-order valence-corrected chi connectivity index (χ4v) is 1.000. The Balaban J connectivity index is 2.86. The molecular weight excluding hydrogens is 210 g/mol. The second-order valence-electron chi connectivity index (χ2n) is 2.64. The average Bonchev–Trinajstić information content (AvgIpc) is 2.34. The van der Waals surface area contributed by atoms with Gasteiger partial charge in [-0.3, -0.25) is 0 Å². The van der Waals surface area contributed by atoms with Crippen molar-refractivity contribution in [2.24, 2.45) is 5.11 Å². The number of azide groups is 1. The van der Waals surface area contributed by atoms with E-state index in [4.69, 9.17) is 15.0 Å². The SMILES string of the molecule is COc1ncc(C=CCN=[N+]=[N-])c(OC)n1. The van der Waals surface area contributed by atoms with Gasteiger partial charge in [0.15, 0.2) is 0 Å². The normalized spacial score (nSPS) is 9.88. The monoisotopic (exact) mass is 221 g/mol. The first-order valence-corrected chi connectivity index (χ1v) is 4.44. The molecule has 84 valence electrons. The fourth-order valence-electron chi connectivity index (χ4n) is 1.000. The summed E-state index contributed by atoms with van der Waals surface area (Å²) in [7, 11) is 2.98. The van der Waals surface area contributed by atoms with E-state index < -0.39 is 0 Å². The van der Waals surface area contributed by atoms with Crippen molar-refractivity contribution in [1.82, 2.24) is 9.97 Å². The summed E-state index contributed by atoms with van der Waals surface area (Å²) >= 11 is 0. The van der Waals surface area contributed by atoms with E-state index in [1.54, 1.807) is 18.3 Å². The molecule has 7 heteroatoms. The van der Waals surface area contributed by atoms with E-state index in [1.165, 1.54) is 14.2 Å². The Morgan fingerprint density at radius 3 is 2.94 bits per heavy atom. The number of rotatable bonds is 5. The maximum Gasteiger partial charge on any atom is 0.319 e. The summed E-state index contributed by atoms with van der Waals surface area (Å²) in [4.78, 5) is 10.6. The van der Waals surface area contributed by atoms with Crippen LogP contribution < -0.4 is 9.47 Å². The molecule has 0 N–H and O–H groups in total. The predicted octanol–water partition coefficient (Wildman–Crippen LogP) is 1.82. The molecule has 0 bridgehead atoms. The number of ether oxygens (including phenoxy) is 2. The summed E-state index contributed by atoms with van der Waals surface area (Å²) in [6.45, 7) is 0.270. The zero-order valence-corrected chi connectivity index (χ0v) is 8.99. The van der Waals surface area contributed by atoms with Gasteiger partial charge in [-0.15, -0.1) is 0 Å². The second-order valence-corrected chi connectivity index (χ2v) is 2.64. The standard InChI is InChI=1S/C9H11N5O2/c1-15-8-7(4-3-5-12-14-10)6-11-9(13-8)16-2/h3-4,6H,5H2,1-2H3. The van der Waals surface area contributed by atoms with Crippen molar-refractivity contribution in [3.63, 3.8) is 0 Å². The van der Waals surface area contributed by atoms with Crippen molar-refractivity contribution in [2.75, 3.05) is 20.8 Å². The minimum atomic E-state index is 0.240. The summed E-state index contributed by atoms with van der Waals surface area (Å²) < 4.78 is 9.92. The molecule has 0 spiro atoms. The van der Waals surface area contributed by atoms with Crippen LogP contribution in [0.2, 0.25) is 0 Å². The van der Waals surface area contributed by atoms with Crippen molar-refractivity contribution >= 4 is 6.08 Å². The van der Waals surface area contributed by atoms with Gasteiger partial charge in [0.2, 0.25) is 5.88 Å². The van der Waals surface area contributed by atoms with Gasteiger partial charge in [0.05, 0.1) is 19.8 Å². The quantitative estimate of drug-likeness (QED) is 0.430. The topological polar surface area (TPSA) is 93.0 Å². The third-order valence-corrected chi connectivity index (χ3v) is 1.68. The van der Waals surface area contributed by atoms with Crippen molar-refractivity contribution in [1.29, 1.82) is 0 Å². The molecule has 1 aromatic rings. The van der Waals surface area contributed by atoms with E-state index in [-0.39, 0.29) is 12.6 Å². The third kappa shape index (κ3) is 3.14. The van der Waals surface area contributed by atoms with Gasteiger partial charge in [0.25, 0.3) is 0 Å². The summed E-state index contributed by atoms with van der Waals surface area (Å²) in [5.74, 6) is 0.407. The van der Waals surface area contributed by atoms with Crippen LogP contribution in [-0.4, -0.2) is 30.7 Å². The predicted molar refractivity (Wildman–Crippen MR) is 58.2 cm³/mol. The van der Waals surface area contributed by atoms with Crippen LogP contribution in [0, 0.1) is 0 Å². The van der Waals surface area contributed by atoms with Gasteiger partial charge in [-0.1, -0.05) is 17.3 Å². The lowest BCUT2D eigenvalue weighted by Gasteiger charge is -2.04. The van der Waals surface area contributed by atoms with Crippen molar-refractivity contribution in [3.05, 3.63) is 28.3 Å². The lowest BCUT2D eigenvalue weighted by atomic mass is 10.3. The molecule has 0 aliphatic rings. The molecule has 0 atom stereocenters. The third-order valence-electron chi connectivity index (χ3n) is 1.68. The second kappa shape index (κ2) is 6.26. The van der Waals surface area contributed by atoms with Gasteiger partial charge in [0.1, 0.15) is 0 Å². The molecule has 0 aromatic carbocycles. The number of aromatic nitrogens is 2. The van der Waals surface area contributed by atoms with E-state index in [9.17, 15) is 0 Å². The highest BCUT2D eigenvalue weighted by atomic mass is 16.5. The largest absolute Gasteiger partial charge is 0.480 e. The van der Waals surface area contributed by atoms with Crippen molar-refractivity contribution in [2.45, 2.75) is 0 Å². The van der Waals surface area contributed by atoms with E-state index >= 15 is 0 Å². The summed E-state index contributed by atoms with van der Waals surface area (Å²) in [5.41, 5.74) is 8.78. The first kappa shape index (κ1) is 11.8. The van der Waals surface area contributed by atoms with Crippen LogP contribution >= 0.6 is 0 Å². The maximum atomic E-state index is 8.09. The molecule has 0 aliphatic carbocycles. The molecule has 0 unspecified atom stereocenters. The molecular formula is C9H11N5O2. The smallest absolute Gasteiger partial charge is 0.319 e. The maximum absolute atomic E-state index is 8.09. The number of hydrogen-bond acceptors (Lipinski definition) is 5. The first-order chi connectivity index (χ1) is 7.81. The molecule has 0 fully saturated rings. The minimum Gasteiger partial charge on any atom is -0.480 e. The number of nitrogens with zero attached hydrogens (tertiary/aromatic N) is 5. The Morgan fingerprint density at radius 2 is 2.31 bits per heavy atom. The highest BCUT2D eigenvalue weighted by molar-refractivity contribution is 5.54. The molecule has 0 aliphatic heterocycles. The van der Waals surface area contributed by atoms with E-state index in [1.807, 2.05) is 0 Å². The minimum absolute atomic E-state index is 0.240. The van der Waals surface area contributed by atoms with Crippen LogP contribution in [0.4, 0.5) is 0 Å². The van der Waals surface area contributed by atoms with E-state index in [2.05, 4.69) is 20.0 Å². The Morgan fingerprint density at radius 1 is 1.50 bits per heavy atom. The van der Waals surface area contributed by atoms with Gasteiger partial charge in [0, 0.05) is 17.7 Å². The van der Waals surface area contributed by atoms with Crippen LogP contribution in [-0.2, 0) is 0 Å². The number of methoxy groups -OCH3 is 2. The highest BCUT2D eigenvalue weighted by Crippen LogP contribution is 2.18. The van der Waals surface area contributed by atoms with Crippen molar-refractivity contribution in [3.8, 4) is 11.9 Å². The highest BCUT2D eigenvalue weighted by Gasteiger charge is 2.04. The fraction of sp³-hybridized carbons (Fsp3) is 0.333.